The van der Waals surface area contributed by atoms with Crippen molar-refractivity contribution < 1.29 is 23.7 Å². The minimum atomic E-state index is -0.0546. The summed E-state index contributed by atoms with van der Waals surface area (Å²) in [7, 11) is 8.76. The normalized spacial score (nSPS) is 13.1. The van der Waals surface area contributed by atoms with Crippen LogP contribution in [0.25, 0.3) is 0 Å². The Bertz CT molecular complexity index is 297. The highest BCUT2D eigenvalue weighted by Crippen LogP contribution is 2.17. The summed E-state index contributed by atoms with van der Waals surface area (Å²) in [5, 5.41) is 0. The molecule has 0 aliphatic carbocycles. The van der Waals surface area contributed by atoms with Gasteiger partial charge in [0.1, 0.15) is 0 Å². The van der Waals surface area contributed by atoms with Crippen LogP contribution >= 0.6 is 17.2 Å². The summed E-state index contributed by atoms with van der Waals surface area (Å²) in [5.41, 5.74) is 0. The zero-order valence-corrected chi connectivity index (χ0v) is 21.0. The van der Waals surface area contributed by atoms with E-state index in [1.165, 1.54) is 37.7 Å². The molecule has 0 saturated carbocycles. The van der Waals surface area contributed by atoms with Crippen molar-refractivity contribution in [1.82, 2.24) is 4.90 Å². The third-order valence-corrected chi connectivity index (χ3v) is 6.88. The van der Waals surface area contributed by atoms with Crippen LogP contribution in [-0.4, -0.2) is 103 Å². The van der Waals surface area contributed by atoms with Gasteiger partial charge in [-0.3, -0.25) is 0 Å². The summed E-state index contributed by atoms with van der Waals surface area (Å²) in [6.07, 6.45) is 8.14. The van der Waals surface area contributed by atoms with E-state index in [1.807, 2.05) is 0 Å². The van der Waals surface area contributed by atoms with Gasteiger partial charge in [-0.1, -0.05) is 0 Å². The fourth-order valence-electron chi connectivity index (χ4n) is 2.77. The Balaban J connectivity index is 4.02. The van der Waals surface area contributed by atoms with E-state index in [0.29, 0.717) is 6.10 Å². The van der Waals surface area contributed by atoms with E-state index >= 15 is 0 Å². The fourth-order valence-corrected chi connectivity index (χ4v) is 5.10. The lowest BCUT2D eigenvalue weighted by Crippen LogP contribution is -2.30. The Kier molecular flexibility index (Phi) is 21.3. The maximum Gasteiger partial charge on any atom is 0.157 e. The van der Waals surface area contributed by atoms with Gasteiger partial charge in [-0.2, -0.15) is 0 Å². The first kappa shape index (κ1) is 28.6. The lowest BCUT2D eigenvalue weighted by Gasteiger charge is -2.23. The number of methoxy groups -OCH3 is 4. The molecule has 28 heavy (non-hydrogen) atoms. The standard InChI is InChI=1S/C20H45NO5P2/c1-18(2)26-13-7-10-21(11-16-27-14-8-19(22-3)23-4)12-17-28-15-9-20(24-5)25-6/h18-20,27-28H,7-17H2,1-6H3. The van der Waals surface area contributed by atoms with Crippen molar-refractivity contribution in [3.63, 3.8) is 0 Å². The lowest BCUT2D eigenvalue weighted by atomic mass is 10.4. The van der Waals surface area contributed by atoms with Crippen LogP contribution in [0.2, 0.25) is 0 Å². The van der Waals surface area contributed by atoms with Gasteiger partial charge in [0.25, 0.3) is 0 Å². The largest absolute Gasteiger partial charge is 0.379 e. The molecule has 0 spiro atoms. The molecule has 6 nitrogen and oxygen atoms in total. The molecule has 0 fully saturated rings. The van der Waals surface area contributed by atoms with Crippen molar-refractivity contribution in [2.24, 2.45) is 0 Å². The van der Waals surface area contributed by atoms with E-state index in [2.05, 4.69) is 18.7 Å². The van der Waals surface area contributed by atoms with Gasteiger partial charge < -0.3 is 28.6 Å². The Labute approximate surface area is 177 Å². The van der Waals surface area contributed by atoms with E-state index in [9.17, 15) is 0 Å². The van der Waals surface area contributed by atoms with Crippen molar-refractivity contribution in [3.8, 4) is 0 Å². The van der Waals surface area contributed by atoms with Gasteiger partial charge in [-0.15, -0.1) is 17.2 Å². The first-order valence-corrected chi connectivity index (χ1v) is 13.3. The van der Waals surface area contributed by atoms with Gasteiger partial charge in [-0.05, 0) is 44.9 Å². The van der Waals surface area contributed by atoms with E-state index in [4.69, 9.17) is 23.7 Å². The maximum atomic E-state index is 5.70. The predicted molar refractivity (Wildman–Crippen MR) is 123 cm³/mol. The second-order valence-electron chi connectivity index (χ2n) is 6.99. The van der Waals surface area contributed by atoms with E-state index < -0.39 is 0 Å². The van der Waals surface area contributed by atoms with Crippen molar-refractivity contribution in [2.75, 3.05) is 79.3 Å². The first-order chi connectivity index (χ1) is 13.6. The van der Waals surface area contributed by atoms with Gasteiger partial charge in [-0.25, -0.2) is 0 Å². The van der Waals surface area contributed by atoms with Gasteiger partial charge in [0.2, 0.25) is 0 Å². The van der Waals surface area contributed by atoms with Gasteiger partial charge in [0.15, 0.2) is 12.6 Å². The average Bonchev–Trinajstić information content (AvgIpc) is 2.69. The SMILES string of the molecule is COC(CCPCCN(CCCOC(C)C)CCPCCC(OC)OC)OC. The number of nitrogens with zero attached hydrogens (tertiary/aromatic N) is 1. The van der Waals surface area contributed by atoms with Crippen LogP contribution in [0.5, 0.6) is 0 Å². The molecule has 0 N–H and O–H groups in total. The first-order valence-electron chi connectivity index (χ1n) is 10.4. The van der Waals surface area contributed by atoms with Gasteiger partial charge in [0, 0.05) is 67.5 Å². The predicted octanol–water partition coefficient (Wildman–Crippen LogP) is 3.48. The highest BCUT2D eigenvalue weighted by molar-refractivity contribution is 7.38. The zero-order valence-electron chi connectivity index (χ0n) is 19.0. The van der Waals surface area contributed by atoms with Crippen LogP contribution in [0, 0.1) is 0 Å². The summed E-state index contributed by atoms with van der Waals surface area (Å²) < 4.78 is 26.7. The van der Waals surface area contributed by atoms with Crippen molar-refractivity contribution in [3.05, 3.63) is 0 Å². The summed E-state index contributed by atoms with van der Waals surface area (Å²) in [6.45, 7) is 8.52. The second-order valence-corrected chi connectivity index (χ2v) is 9.99. The molecule has 0 bridgehead atoms. The lowest BCUT2D eigenvalue weighted by molar-refractivity contribution is -0.102. The number of hydrogen-bond donors (Lipinski definition) is 0. The summed E-state index contributed by atoms with van der Waals surface area (Å²) in [6, 6.07) is 0. The molecule has 0 radical (unpaired) electrons. The number of hydrogen-bond acceptors (Lipinski definition) is 6. The Hall–Kier alpha value is 0.620. The third-order valence-electron chi connectivity index (χ3n) is 4.44. The van der Waals surface area contributed by atoms with Gasteiger partial charge >= 0.3 is 0 Å². The minimum absolute atomic E-state index is 0.0546. The van der Waals surface area contributed by atoms with Crippen molar-refractivity contribution in [2.45, 2.75) is 51.8 Å². The maximum absolute atomic E-state index is 5.70. The molecule has 2 unspecified atom stereocenters. The summed E-state index contributed by atoms with van der Waals surface area (Å²) in [5.74, 6) is 0. The molecule has 0 aromatic rings. The van der Waals surface area contributed by atoms with Crippen LogP contribution in [0.15, 0.2) is 0 Å². The van der Waals surface area contributed by atoms with Crippen LogP contribution in [0.1, 0.15) is 33.1 Å². The molecular weight excluding hydrogens is 396 g/mol. The molecule has 0 aliphatic rings. The number of ether oxygens (including phenoxy) is 5. The Morgan fingerprint density at radius 1 is 0.679 bits per heavy atom. The highest BCUT2D eigenvalue weighted by atomic mass is 31.1. The third kappa shape index (κ3) is 17.5. The molecule has 0 amide bonds. The average molecular weight is 442 g/mol. The van der Waals surface area contributed by atoms with E-state index in [1.54, 1.807) is 28.4 Å². The van der Waals surface area contributed by atoms with Gasteiger partial charge in [0.05, 0.1) is 6.10 Å². The molecule has 2 atom stereocenters. The van der Waals surface area contributed by atoms with Crippen molar-refractivity contribution in [1.29, 1.82) is 0 Å². The molecule has 0 aromatic heterocycles. The number of rotatable bonds is 21. The molecule has 0 saturated heterocycles. The second kappa shape index (κ2) is 20.9. The summed E-state index contributed by atoms with van der Waals surface area (Å²) >= 11 is 0. The molecule has 170 valence electrons. The van der Waals surface area contributed by atoms with Crippen molar-refractivity contribution >= 4 is 17.2 Å². The molecule has 8 heteroatoms. The highest BCUT2D eigenvalue weighted by Gasteiger charge is 2.08. The van der Waals surface area contributed by atoms with Crippen LogP contribution < -0.4 is 0 Å². The molecular formula is C20H45NO5P2. The zero-order chi connectivity index (χ0) is 21.0. The van der Waals surface area contributed by atoms with Crippen LogP contribution in [0.4, 0.5) is 0 Å². The Morgan fingerprint density at radius 2 is 1.14 bits per heavy atom. The minimum Gasteiger partial charge on any atom is -0.379 e. The molecule has 0 aromatic carbocycles. The van der Waals surface area contributed by atoms with E-state index in [0.717, 1.165) is 49.6 Å². The van der Waals surface area contributed by atoms with Crippen LogP contribution in [0.3, 0.4) is 0 Å². The fraction of sp³-hybridized carbons (Fsp3) is 1.00. The quantitative estimate of drug-likeness (QED) is 0.154. The van der Waals surface area contributed by atoms with Crippen LogP contribution in [-0.2, 0) is 23.7 Å². The smallest absolute Gasteiger partial charge is 0.157 e. The Morgan fingerprint density at radius 3 is 1.54 bits per heavy atom. The molecule has 0 rings (SSSR count). The van der Waals surface area contributed by atoms with E-state index in [-0.39, 0.29) is 12.6 Å². The topological polar surface area (TPSA) is 49.4 Å². The molecule has 0 heterocycles. The monoisotopic (exact) mass is 441 g/mol. The summed E-state index contributed by atoms with van der Waals surface area (Å²) in [4.78, 5) is 2.61. The molecule has 0 aliphatic heterocycles.